The molecule has 2 rings (SSSR count). The van der Waals surface area contributed by atoms with Gasteiger partial charge in [0.1, 0.15) is 0 Å². The summed E-state index contributed by atoms with van der Waals surface area (Å²) in [5.74, 6) is 1.98. The molecule has 0 aliphatic heterocycles. The fraction of sp³-hybridized carbons (Fsp3) is 1.00. The van der Waals surface area contributed by atoms with Crippen molar-refractivity contribution in [2.45, 2.75) is 51.2 Å². The van der Waals surface area contributed by atoms with Gasteiger partial charge in [0.15, 0.2) is 0 Å². The molecule has 2 N–H and O–H groups in total. The molecule has 13 heavy (non-hydrogen) atoms. The monoisotopic (exact) mass is 183 g/mol. The van der Waals surface area contributed by atoms with Crippen molar-refractivity contribution in [3.63, 3.8) is 0 Å². The van der Waals surface area contributed by atoms with Crippen LogP contribution in [-0.2, 0) is 0 Å². The van der Waals surface area contributed by atoms with Gasteiger partial charge in [-0.25, -0.2) is 0 Å². The molecule has 4 atom stereocenters. The summed E-state index contributed by atoms with van der Waals surface area (Å²) in [5.41, 5.74) is 0. The number of hydrogen-bond acceptors (Lipinski definition) is 2. The predicted octanol–water partition coefficient (Wildman–Crippen LogP) is 1.54. The van der Waals surface area contributed by atoms with Gasteiger partial charge in [-0.3, -0.25) is 0 Å². The van der Waals surface area contributed by atoms with E-state index in [1.807, 2.05) is 0 Å². The largest absolute Gasteiger partial charge is 0.392 e. The molecule has 2 aliphatic carbocycles. The quantitative estimate of drug-likeness (QED) is 0.680. The highest BCUT2D eigenvalue weighted by Gasteiger charge is 2.39. The molecule has 0 heterocycles. The van der Waals surface area contributed by atoms with Crippen molar-refractivity contribution in [3.05, 3.63) is 0 Å². The van der Waals surface area contributed by atoms with Crippen LogP contribution in [0.4, 0.5) is 0 Å². The molecule has 0 radical (unpaired) electrons. The van der Waals surface area contributed by atoms with Crippen LogP contribution in [0.5, 0.6) is 0 Å². The van der Waals surface area contributed by atoms with E-state index < -0.39 is 0 Å². The lowest BCUT2D eigenvalue weighted by molar-refractivity contribution is 0.103. The first-order chi connectivity index (χ1) is 6.31. The van der Waals surface area contributed by atoms with Crippen LogP contribution < -0.4 is 5.32 Å². The summed E-state index contributed by atoms with van der Waals surface area (Å²) >= 11 is 0. The summed E-state index contributed by atoms with van der Waals surface area (Å²) in [7, 11) is 0. The molecular formula is C11H21NO. The lowest BCUT2D eigenvalue weighted by Crippen LogP contribution is -2.40. The SMILES string of the molecule is CCN[C@@H]1CC[C@@H]2C[C@@H]2CC[C@@H]1O. The molecule has 0 saturated heterocycles. The highest BCUT2D eigenvalue weighted by molar-refractivity contribution is 4.91. The number of aliphatic hydroxyl groups is 1. The summed E-state index contributed by atoms with van der Waals surface area (Å²) in [4.78, 5) is 0. The third kappa shape index (κ3) is 2.23. The van der Waals surface area contributed by atoms with Crippen LogP contribution in [0.15, 0.2) is 0 Å². The molecule has 2 saturated carbocycles. The molecule has 0 spiro atoms. The zero-order valence-corrected chi connectivity index (χ0v) is 8.50. The standard InChI is InChI=1S/C11H21NO/c1-2-12-10-5-3-8-7-9(8)4-6-11(10)13/h8-13H,2-7H2,1H3/t8-,9+,10-,11+/m1/s1. The van der Waals surface area contributed by atoms with E-state index in [0.29, 0.717) is 6.04 Å². The van der Waals surface area contributed by atoms with Gasteiger partial charge in [-0.2, -0.15) is 0 Å². The summed E-state index contributed by atoms with van der Waals surface area (Å²) in [5, 5.41) is 13.3. The van der Waals surface area contributed by atoms with Crippen molar-refractivity contribution in [3.8, 4) is 0 Å². The van der Waals surface area contributed by atoms with Crippen molar-refractivity contribution in [1.82, 2.24) is 5.32 Å². The van der Waals surface area contributed by atoms with Crippen molar-refractivity contribution in [2.75, 3.05) is 6.54 Å². The molecule has 0 amide bonds. The first-order valence-electron chi connectivity index (χ1n) is 5.72. The van der Waals surface area contributed by atoms with E-state index in [2.05, 4.69) is 12.2 Å². The average Bonchev–Trinajstić information content (AvgIpc) is 2.84. The van der Waals surface area contributed by atoms with Crippen molar-refractivity contribution in [1.29, 1.82) is 0 Å². The highest BCUT2D eigenvalue weighted by Crippen LogP contribution is 2.47. The van der Waals surface area contributed by atoms with E-state index in [1.54, 1.807) is 0 Å². The van der Waals surface area contributed by atoms with Gasteiger partial charge in [-0.05, 0) is 50.5 Å². The zero-order chi connectivity index (χ0) is 9.26. The van der Waals surface area contributed by atoms with Crippen molar-refractivity contribution in [2.24, 2.45) is 11.8 Å². The van der Waals surface area contributed by atoms with Gasteiger partial charge in [0.2, 0.25) is 0 Å². The minimum Gasteiger partial charge on any atom is -0.392 e. The van der Waals surface area contributed by atoms with Crippen LogP contribution in [0, 0.1) is 11.8 Å². The molecule has 2 aliphatic rings. The Labute approximate surface area is 80.7 Å². The Balaban J connectivity index is 1.85. The lowest BCUT2D eigenvalue weighted by Gasteiger charge is -2.25. The maximum atomic E-state index is 9.88. The molecule has 0 aromatic rings. The summed E-state index contributed by atoms with van der Waals surface area (Å²) in [6, 6.07) is 0.367. The van der Waals surface area contributed by atoms with Crippen LogP contribution in [0.1, 0.15) is 39.0 Å². The number of fused-ring (bicyclic) bond motifs is 1. The molecule has 76 valence electrons. The third-order valence-corrected chi connectivity index (χ3v) is 3.68. The van der Waals surface area contributed by atoms with E-state index in [4.69, 9.17) is 0 Å². The molecule has 2 fully saturated rings. The smallest absolute Gasteiger partial charge is 0.0693 e. The predicted molar refractivity (Wildman–Crippen MR) is 53.5 cm³/mol. The molecule has 2 nitrogen and oxygen atoms in total. The molecule has 0 aromatic heterocycles. The van der Waals surface area contributed by atoms with Gasteiger partial charge in [0.25, 0.3) is 0 Å². The van der Waals surface area contributed by atoms with E-state index in [-0.39, 0.29) is 6.10 Å². The summed E-state index contributed by atoms with van der Waals surface area (Å²) in [6.45, 7) is 3.10. The van der Waals surface area contributed by atoms with E-state index >= 15 is 0 Å². The normalized spacial score (nSPS) is 44.8. The number of hydrogen-bond donors (Lipinski definition) is 2. The Kier molecular flexibility index (Phi) is 2.89. The van der Waals surface area contributed by atoms with Gasteiger partial charge in [-0.1, -0.05) is 6.92 Å². The first kappa shape index (κ1) is 9.47. The first-order valence-corrected chi connectivity index (χ1v) is 5.72. The fourth-order valence-electron chi connectivity index (χ4n) is 2.69. The molecule has 0 aromatic carbocycles. The van der Waals surface area contributed by atoms with E-state index in [0.717, 1.165) is 24.8 Å². The van der Waals surface area contributed by atoms with Gasteiger partial charge >= 0.3 is 0 Å². The highest BCUT2D eigenvalue weighted by atomic mass is 16.3. The maximum Gasteiger partial charge on any atom is 0.0693 e. The van der Waals surface area contributed by atoms with Crippen LogP contribution in [0.3, 0.4) is 0 Å². The van der Waals surface area contributed by atoms with Gasteiger partial charge in [0, 0.05) is 6.04 Å². The summed E-state index contributed by atoms with van der Waals surface area (Å²) < 4.78 is 0. The van der Waals surface area contributed by atoms with Gasteiger partial charge in [-0.15, -0.1) is 0 Å². The van der Waals surface area contributed by atoms with Crippen LogP contribution >= 0.6 is 0 Å². The minimum absolute atomic E-state index is 0.0958. The van der Waals surface area contributed by atoms with Gasteiger partial charge in [0.05, 0.1) is 6.10 Å². The second kappa shape index (κ2) is 3.97. The van der Waals surface area contributed by atoms with Crippen molar-refractivity contribution < 1.29 is 5.11 Å². The maximum absolute atomic E-state index is 9.88. The van der Waals surface area contributed by atoms with Crippen LogP contribution in [0.2, 0.25) is 0 Å². The Bertz CT molecular complexity index is 171. The Morgan fingerprint density at radius 1 is 1.15 bits per heavy atom. The molecule has 0 unspecified atom stereocenters. The number of aliphatic hydroxyl groups excluding tert-OH is 1. The van der Waals surface area contributed by atoms with Crippen molar-refractivity contribution >= 4 is 0 Å². The Morgan fingerprint density at radius 3 is 2.54 bits per heavy atom. The minimum atomic E-state index is -0.0958. The zero-order valence-electron chi connectivity index (χ0n) is 8.50. The molecule has 0 bridgehead atoms. The number of nitrogens with one attached hydrogen (secondary N) is 1. The molecule has 2 heteroatoms. The number of likely N-dealkylation sites (N-methyl/N-ethyl adjacent to an activating group) is 1. The second-order valence-electron chi connectivity index (χ2n) is 4.64. The van der Waals surface area contributed by atoms with E-state index in [1.165, 1.54) is 25.7 Å². The third-order valence-electron chi connectivity index (χ3n) is 3.68. The van der Waals surface area contributed by atoms with E-state index in [9.17, 15) is 5.11 Å². The topological polar surface area (TPSA) is 32.3 Å². The van der Waals surface area contributed by atoms with Gasteiger partial charge < -0.3 is 10.4 Å². The molecular weight excluding hydrogens is 162 g/mol. The Morgan fingerprint density at radius 2 is 1.85 bits per heavy atom. The lowest BCUT2D eigenvalue weighted by atomic mass is 9.94. The fourth-order valence-corrected chi connectivity index (χ4v) is 2.69. The number of rotatable bonds is 2. The Hall–Kier alpha value is -0.0800. The average molecular weight is 183 g/mol. The summed E-state index contributed by atoms with van der Waals surface area (Å²) in [6.07, 6.45) is 6.12. The van der Waals surface area contributed by atoms with Crippen LogP contribution in [0.25, 0.3) is 0 Å². The second-order valence-corrected chi connectivity index (χ2v) is 4.64. The van der Waals surface area contributed by atoms with Crippen LogP contribution in [-0.4, -0.2) is 23.8 Å².